The van der Waals surface area contributed by atoms with Crippen LogP contribution < -0.4 is 15.4 Å². The standard InChI is InChI=1S/C19H27N3O3/c1-12(2)8-16-19(24)22-11-14(9-17(22)18(23)21-16)20-10-13-4-6-15(25-3)7-5-13/h4-7,12,14,16-17,20H,8-11H2,1-3H3,(H,21,23)/t14-,16+,17-/m0/s1. The van der Waals surface area contributed by atoms with Crippen LogP contribution in [0, 0.1) is 5.92 Å². The number of methoxy groups -OCH3 is 1. The predicted molar refractivity (Wildman–Crippen MR) is 95.1 cm³/mol. The van der Waals surface area contributed by atoms with Gasteiger partial charge < -0.3 is 20.3 Å². The number of nitrogens with zero attached hydrogens (tertiary/aromatic N) is 1. The third-order valence-corrected chi connectivity index (χ3v) is 4.96. The third kappa shape index (κ3) is 3.95. The minimum absolute atomic E-state index is 0.0148. The van der Waals surface area contributed by atoms with Crippen LogP contribution in [0.5, 0.6) is 5.75 Å². The van der Waals surface area contributed by atoms with Crippen LogP contribution in [0.25, 0.3) is 0 Å². The lowest BCUT2D eigenvalue weighted by Crippen LogP contribution is -2.61. The molecule has 2 amide bonds. The summed E-state index contributed by atoms with van der Waals surface area (Å²) >= 11 is 0. The number of hydrogen-bond donors (Lipinski definition) is 2. The number of ether oxygens (including phenoxy) is 1. The van der Waals surface area contributed by atoms with E-state index in [4.69, 9.17) is 4.74 Å². The van der Waals surface area contributed by atoms with Crippen molar-refractivity contribution in [2.24, 2.45) is 5.92 Å². The van der Waals surface area contributed by atoms with Gasteiger partial charge in [0.15, 0.2) is 0 Å². The van der Waals surface area contributed by atoms with Crippen molar-refractivity contribution in [3.05, 3.63) is 29.8 Å². The summed E-state index contributed by atoms with van der Waals surface area (Å²) in [5, 5.41) is 6.38. The fraction of sp³-hybridized carbons (Fsp3) is 0.579. The second-order valence-corrected chi connectivity index (χ2v) is 7.36. The smallest absolute Gasteiger partial charge is 0.245 e. The van der Waals surface area contributed by atoms with Crippen molar-refractivity contribution >= 4 is 11.8 Å². The van der Waals surface area contributed by atoms with Gasteiger partial charge in [-0.1, -0.05) is 26.0 Å². The zero-order chi connectivity index (χ0) is 18.0. The molecule has 25 heavy (non-hydrogen) atoms. The first-order valence-electron chi connectivity index (χ1n) is 8.95. The molecule has 2 aliphatic heterocycles. The molecule has 3 rings (SSSR count). The molecule has 6 nitrogen and oxygen atoms in total. The molecule has 0 radical (unpaired) electrons. The van der Waals surface area contributed by atoms with E-state index in [1.54, 1.807) is 12.0 Å². The van der Waals surface area contributed by atoms with Gasteiger partial charge in [-0.25, -0.2) is 0 Å². The highest BCUT2D eigenvalue weighted by atomic mass is 16.5. The highest BCUT2D eigenvalue weighted by Crippen LogP contribution is 2.25. The second-order valence-electron chi connectivity index (χ2n) is 7.36. The van der Waals surface area contributed by atoms with Gasteiger partial charge in [-0.05, 0) is 36.5 Å². The normalized spacial score (nSPS) is 25.9. The zero-order valence-electron chi connectivity index (χ0n) is 15.1. The molecule has 6 heteroatoms. The maximum Gasteiger partial charge on any atom is 0.245 e. The van der Waals surface area contributed by atoms with Crippen LogP contribution >= 0.6 is 0 Å². The molecular formula is C19H27N3O3. The summed E-state index contributed by atoms with van der Waals surface area (Å²) in [6.45, 7) is 5.44. The number of rotatable bonds is 6. The van der Waals surface area contributed by atoms with E-state index in [1.165, 1.54) is 0 Å². The monoisotopic (exact) mass is 345 g/mol. The Labute approximate surface area is 148 Å². The molecule has 2 aliphatic rings. The Morgan fingerprint density at radius 3 is 2.64 bits per heavy atom. The van der Waals surface area contributed by atoms with Gasteiger partial charge in [0.1, 0.15) is 17.8 Å². The van der Waals surface area contributed by atoms with Gasteiger partial charge in [0.25, 0.3) is 0 Å². The molecule has 0 saturated carbocycles. The van der Waals surface area contributed by atoms with Crippen LogP contribution in [-0.4, -0.2) is 48.5 Å². The summed E-state index contributed by atoms with van der Waals surface area (Å²) in [4.78, 5) is 26.8. The van der Waals surface area contributed by atoms with Crippen molar-refractivity contribution < 1.29 is 14.3 Å². The van der Waals surface area contributed by atoms with Crippen LogP contribution in [0.2, 0.25) is 0 Å². The van der Waals surface area contributed by atoms with E-state index < -0.39 is 0 Å². The summed E-state index contributed by atoms with van der Waals surface area (Å²) in [7, 11) is 1.65. The molecule has 2 fully saturated rings. The molecule has 1 aromatic carbocycles. The molecule has 2 heterocycles. The van der Waals surface area contributed by atoms with E-state index in [0.29, 0.717) is 31.8 Å². The summed E-state index contributed by atoms with van der Waals surface area (Å²) in [6.07, 6.45) is 1.36. The molecule has 0 unspecified atom stereocenters. The van der Waals surface area contributed by atoms with E-state index in [-0.39, 0.29) is 29.9 Å². The second kappa shape index (κ2) is 7.44. The van der Waals surface area contributed by atoms with E-state index in [0.717, 1.165) is 11.3 Å². The summed E-state index contributed by atoms with van der Waals surface area (Å²) in [6, 6.07) is 7.34. The van der Waals surface area contributed by atoms with E-state index >= 15 is 0 Å². The molecule has 3 atom stereocenters. The number of carbonyl (C=O) groups excluding carboxylic acids is 2. The van der Waals surface area contributed by atoms with Crippen molar-refractivity contribution in [2.45, 2.75) is 51.4 Å². The molecule has 1 aromatic rings. The van der Waals surface area contributed by atoms with Gasteiger partial charge in [0.05, 0.1) is 7.11 Å². The summed E-state index contributed by atoms with van der Waals surface area (Å²) < 4.78 is 5.16. The largest absolute Gasteiger partial charge is 0.497 e. The molecule has 2 saturated heterocycles. The fourth-order valence-corrected chi connectivity index (χ4v) is 3.64. The number of amides is 2. The van der Waals surface area contributed by atoms with Gasteiger partial charge >= 0.3 is 0 Å². The maximum atomic E-state index is 12.6. The summed E-state index contributed by atoms with van der Waals surface area (Å²) in [5.74, 6) is 1.25. The van der Waals surface area contributed by atoms with Crippen LogP contribution in [0.1, 0.15) is 32.3 Å². The van der Waals surface area contributed by atoms with Crippen molar-refractivity contribution in [1.29, 1.82) is 0 Å². The highest BCUT2D eigenvalue weighted by Gasteiger charge is 2.46. The Hall–Kier alpha value is -2.08. The van der Waals surface area contributed by atoms with Crippen LogP contribution in [-0.2, 0) is 16.1 Å². The SMILES string of the molecule is COc1ccc(CN[C@H]2C[C@H]3C(=O)N[C@H](CC(C)C)C(=O)N3C2)cc1. The fourth-order valence-electron chi connectivity index (χ4n) is 3.64. The maximum absolute atomic E-state index is 12.6. The first kappa shape index (κ1) is 17.7. The lowest BCUT2D eigenvalue weighted by Gasteiger charge is -2.35. The van der Waals surface area contributed by atoms with Crippen molar-refractivity contribution in [3.8, 4) is 5.75 Å². The average Bonchev–Trinajstić information content (AvgIpc) is 3.03. The number of carbonyl (C=O) groups is 2. The minimum Gasteiger partial charge on any atom is -0.497 e. The lowest BCUT2D eigenvalue weighted by atomic mass is 9.99. The van der Waals surface area contributed by atoms with E-state index in [1.807, 2.05) is 24.3 Å². The lowest BCUT2D eigenvalue weighted by molar-refractivity contribution is -0.147. The van der Waals surface area contributed by atoms with Crippen LogP contribution in [0.4, 0.5) is 0 Å². The van der Waals surface area contributed by atoms with Crippen molar-refractivity contribution in [3.63, 3.8) is 0 Å². The molecular weight excluding hydrogens is 318 g/mol. The van der Waals surface area contributed by atoms with Crippen molar-refractivity contribution in [1.82, 2.24) is 15.5 Å². The zero-order valence-corrected chi connectivity index (χ0v) is 15.1. The molecule has 0 bridgehead atoms. The Kier molecular flexibility index (Phi) is 5.27. The number of fused-ring (bicyclic) bond motifs is 1. The number of piperazine rings is 1. The van der Waals surface area contributed by atoms with Crippen LogP contribution in [0.3, 0.4) is 0 Å². The predicted octanol–water partition coefficient (Wildman–Crippen LogP) is 1.30. The first-order chi connectivity index (χ1) is 12.0. The Morgan fingerprint density at radius 1 is 1.28 bits per heavy atom. The molecule has 136 valence electrons. The first-order valence-corrected chi connectivity index (χ1v) is 8.95. The van der Waals surface area contributed by atoms with Gasteiger partial charge in [-0.15, -0.1) is 0 Å². The molecule has 0 aliphatic carbocycles. The van der Waals surface area contributed by atoms with E-state index in [2.05, 4.69) is 24.5 Å². The molecule has 0 spiro atoms. The molecule has 2 N–H and O–H groups in total. The Bertz CT molecular complexity index is 629. The van der Waals surface area contributed by atoms with E-state index in [9.17, 15) is 9.59 Å². The summed E-state index contributed by atoms with van der Waals surface area (Å²) in [5.41, 5.74) is 1.15. The third-order valence-electron chi connectivity index (χ3n) is 4.96. The van der Waals surface area contributed by atoms with Gasteiger partial charge in [0, 0.05) is 19.1 Å². The number of hydrogen-bond acceptors (Lipinski definition) is 4. The van der Waals surface area contributed by atoms with Gasteiger partial charge in [0.2, 0.25) is 11.8 Å². The number of nitrogens with one attached hydrogen (secondary N) is 2. The Morgan fingerprint density at radius 2 is 2.00 bits per heavy atom. The minimum atomic E-state index is -0.371. The number of benzene rings is 1. The quantitative estimate of drug-likeness (QED) is 0.815. The topological polar surface area (TPSA) is 70.7 Å². The van der Waals surface area contributed by atoms with Gasteiger partial charge in [-0.2, -0.15) is 0 Å². The molecule has 0 aromatic heterocycles. The Balaban J connectivity index is 1.58. The average molecular weight is 345 g/mol. The van der Waals surface area contributed by atoms with Crippen LogP contribution in [0.15, 0.2) is 24.3 Å². The highest BCUT2D eigenvalue weighted by molar-refractivity contribution is 5.97. The van der Waals surface area contributed by atoms with Crippen molar-refractivity contribution in [2.75, 3.05) is 13.7 Å². The van der Waals surface area contributed by atoms with Gasteiger partial charge in [-0.3, -0.25) is 9.59 Å².